The van der Waals surface area contributed by atoms with Crippen molar-refractivity contribution in [3.63, 3.8) is 0 Å². The van der Waals surface area contributed by atoms with Gasteiger partial charge in [-0.2, -0.15) is 5.10 Å². The predicted octanol–water partition coefficient (Wildman–Crippen LogP) is 1.55. The number of pyridine rings is 1. The molecule has 5 nitrogen and oxygen atoms in total. The van der Waals surface area contributed by atoms with Crippen LogP contribution in [0.1, 0.15) is 24.6 Å². The van der Waals surface area contributed by atoms with Crippen molar-refractivity contribution >= 4 is 11.0 Å². The largest absolute Gasteiger partial charge is 0.379 e. The number of hydrogen-bond acceptors (Lipinski definition) is 4. The molecule has 0 saturated carbocycles. The summed E-state index contributed by atoms with van der Waals surface area (Å²) in [5, 5.41) is 9.10. The molecule has 1 N–H and O–H groups in total. The fourth-order valence-electron chi connectivity index (χ4n) is 2.57. The van der Waals surface area contributed by atoms with E-state index in [1.54, 1.807) is 0 Å². The Labute approximate surface area is 113 Å². The first-order chi connectivity index (χ1) is 9.07. The molecule has 1 saturated heterocycles. The standard InChI is InChI=1S/C14H20N4O/c1-10-12-6-11(7-15-13(12)18(3)17-10)8-16-14(2)4-5-19-9-14/h6-7,16H,4-5,8-9H2,1-3H3. The number of rotatable bonds is 3. The van der Waals surface area contributed by atoms with Crippen molar-refractivity contribution in [3.05, 3.63) is 23.5 Å². The van der Waals surface area contributed by atoms with Gasteiger partial charge in [0.2, 0.25) is 0 Å². The van der Waals surface area contributed by atoms with E-state index in [-0.39, 0.29) is 5.54 Å². The van der Waals surface area contributed by atoms with Crippen LogP contribution in [-0.2, 0) is 18.3 Å². The predicted molar refractivity (Wildman–Crippen MR) is 73.9 cm³/mol. The Balaban J connectivity index is 1.80. The second-order valence-electron chi connectivity index (χ2n) is 5.64. The van der Waals surface area contributed by atoms with E-state index < -0.39 is 0 Å². The van der Waals surface area contributed by atoms with Crippen LogP contribution in [0.25, 0.3) is 11.0 Å². The first-order valence-electron chi connectivity index (χ1n) is 6.68. The molecule has 3 rings (SSSR count). The molecule has 1 aliphatic rings. The Morgan fingerprint density at radius 3 is 3.11 bits per heavy atom. The Hall–Kier alpha value is -1.46. The van der Waals surface area contributed by atoms with E-state index in [0.29, 0.717) is 0 Å². The molecule has 19 heavy (non-hydrogen) atoms. The van der Waals surface area contributed by atoms with E-state index in [2.05, 4.69) is 28.4 Å². The number of aromatic nitrogens is 3. The van der Waals surface area contributed by atoms with E-state index in [0.717, 1.165) is 42.9 Å². The molecule has 0 aliphatic carbocycles. The number of hydrogen-bond donors (Lipinski definition) is 1. The van der Waals surface area contributed by atoms with Crippen LogP contribution in [0.5, 0.6) is 0 Å². The van der Waals surface area contributed by atoms with E-state index in [1.165, 1.54) is 5.56 Å². The van der Waals surface area contributed by atoms with E-state index in [9.17, 15) is 0 Å². The topological polar surface area (TPSA) is 52.0 Å². The van der Waals surface area contributed by atoms with Gasteiger partial charge in [-0.05, 0) is 31.9 Å². The van der Waals surface area contributed by atoms with Crippen LogP contribution in [0.3, 0.4) is 0 Å². The zero-order valence-corrected chi connectivity index (χ0v) is 11.7. The van der Waals surface area contributed by atoms with Crippen LogP contribution < -0.4 is 5.32 Å². The fraction of sp³-hybridized carbons (Fsp3) is 0.571. The van der Waals surface area contributed by atoms with Crippen molar-refractivity contribution in [3.8, 4) is 0 Å². The number of nitrogens with one attached hydrogen (secondary N) is 1. The molecule has 1 atom stereocenters. The van der Waals surface area contributed by atoms with Gasteiger partial charge in [-0.25, -0.2) is 4.98 Å². The van der Waals surface area contributed by atoms with Gasteiger partial charge in [0, 0.05) is 37.3 Å². The molecule has 0 spiro atoms. The van der Waals surface area contributed by atoms with Crippen LogP contribution in [-0.4, -0.2) is 33.5 Å². The Bertz CT molecular complexity index is 599. The molecule has 2 aromatic heterocycles. The van der Waals surface area contributed by atoms with E-state index in [4.69, 9.17) is 4.74 Å². The van der Waals surface area contributed by atoms with E-state index >= 15 is 0 Å². The lowest BCUT2D eigenvalue weighted by atomic mass is 10.0. The molecule has 0 bridgehead atoms. The number of ether oxygens (including phenoxy) is 1. The Morgan fingerprint density at radius 1 is 1.53 bits per heavy atom. The van der Waals surface area contributed by atoms with Crippen LogP contribution in [0.4, 0.5) is 0 Å². The third-order valence-corrected chi connectivity index (χ3v) is 3.86. The second-order valence-corrected chi connectivity index (χ2v) is 5.64. The van der Waals surface area contributed by atoms with Gasteiger partial charge in [0.25, 0.3) is 0 Å². The fourth-order valence-corrected chi connectivity index (χ4v) is 2.57. The first kappa shape index (κ1) is 12.6. The zero-order valence-electron chi connectivity index (χ0n) is 11.7. The smallest absolute Gasteiger partial charge is 0.157 e. The summed E-state index contributed by atoms with van der Waals surface area (Å²) in [6.07, 6.45) is 2.99. The van der Waals surface area contributed by atoms with Gasteiger partial charge in [0.1, 0.15) is 0 Å². The molecule has 5 heteroatoms. The lowest BCUT2D eigenvalue weighted by Gasteiger charge is -2.23. The van der Waals surface area contributed by atoms with Crippen LogP contribution in [0.2, 0.25) is 0 Å². The maximum atomic E-state index is 5.45. The average Bonchev–Trinajstić information content (AvgIpc) is 2.94. The molecule has 102 valence electrons. The SMILES string of the molecule is Cc1nn(C)c2ncc(CNC3(C)CCOC3)cc12. The van der Waals surface area contributed by atoms with Crippen LogP contribution >= 0.6 is 0 Å². The molecule has 1 unspecified atom stereocenters. The highest BCUT2D eigenvalue weighted by atomic mass is 16.5. The van der Waals surface area contributed by atoms with E-state index in [1.807, 2.05) is 24.9 Å². The number of fused-ring (bicyclic) bond motifs is 1. The molecule has 3 heterocycles. The molecule has 1 fully saturated rings. The highest BCUT2D eigenvalue weighted by Gasteiger charge is 2.28. The Kier molecular flexibility index (Phi) is 3.03. The summed E-state index contributed by atoms with van der Waals surface area (Å²) >= 11 is 0. The minimum absolute atomic E-state index is 0.0962. The van der Waals surface area contributed by atoms with Gasteiger partial charge in [-0.3, -0.25) is 4.68 Å². The highest BCUT2D eigenvalue weighted by molar-refractivity contribution is 5.78. The zero-order chi connectivity index (χ0) is 13.5. The minimum atomic E-state index is 0.0962. The lowest BCUT2D eigenvalue weighted by Crippen LogP contribution is -2.42. The molecule has 0 amide bonds. The highest BCUT2D eigenvalue weighted by Crippen LogP contribution is 2.20. The summed E-state index contributed by atoms with van der Waals surface area (Å²) in [6, 6.07) is 2.18. The average molecular weight is 260 g/mol. The molecule has 1 aliphatic heterocycles. The van der Waals surface area contributed by atoms with Gasteiger partial charge < -0.3 is 10.1 Å². The summed E-state index contributed by atoms with van der Waals surface area (Å²) < 4.78 is 7.28. The maximum absolute atomic E-state index is 5.45. The second kappa shape index (κ2) is 4.58. The molecular weight excluding hydrogens is 240 g/mol. The summed E-state index contributed by atoms with van der Waals surface area (Å²) in [5.41, 5.74) is 3.26. The summed E-state index contributed by atoms with van der Waals surface area (Å²) in [7, 11) is 1.93. The monoisotopic (exact) mass is 260 g/mol. The molecule has 0 aromatic carbocycles. The molecule has 2 aromatic rings. The quantitative estimate of drug-likeness (QED) is 0.909. The summed E-state index contributed by atoms with van der Waals surface area (Å²) in [4.78, 5) is 4.50. The van der Waals surface area contributed by atoms with Crippen molar-refractivity contribution in [2.45, 2.75) is 32.4 Å². The summed E-state index contributed by atoms with van der Waals surface area (Å²) in [6.45, 7) is 6.68. The third kappa shape index (κ3) is 2.35. The number of aryl methyl sites for hydroxylation is 2. The first-order valence-corrected chi connectivity index (χ1v) is 6.68. The van der Waals surface area contributed by atoms with Gasteiger partial charge in [0.15, 0.2) is 5.65 Å². The van der Waals surface area contributed by atoms with Crippen molar-refractivity contribution in [2.75, 3.05) is 13.2 Å². The van der Waals surface area contributed by atoms with Crippen LogP contribution in [0, 0.1) is 6.92 Å². The van der Waals surface area contributed by atoms with Crippen molar-refractivity contribution < 1.29 is 4.74 Å². The maximum Gasteiger partial charge on any atom is 0.157 e. The normalized spacial score (nSPS) is 23.3. The Morgan fingerprint density at radius 2 is 2.37 bits per heavy atom. The van der Waals surface area contributed by atoms with Crippen molar-refractivity contribution in [2.24, 2.45) is 7.05 Å². The lowest BCUT2D eigenvalue weighted by molar-refractivity contribution is 0.171. The van der Waals surface area contributed by atoms with Gasteiger partial charge >= 0.3 is 0 Å². The summed E-state index contributed by atoms with van der Waals surface area (Å²) in [5.74, 6) is 0. The van der Waals surface area contributed by atoms with Crippen molar-refractivity contribution in [1.29, 1.82) is 0 Å². The van der Waals surface area contributed by atoms with Crippen LogP contribution in [0.15, 0.2) is 12.3 Å². The number of nitrogens with zero attached hydrogens (tertiary/aromatic N) is 3. The minimum Gasteiger partial charge on any atom is -0.379 e. The van der Waals surface area contributed by atoms with Gasteiger partial charge in [-0.1, -0.05) is 0 Å². The third-order valence-electron chi connectivity index (χ3n) is 3.86. The molecule has 0 radical (unpaired) electrons. The molecular formula is C14H20N4O. The van der Waals surface area contributed by atoms with Gasteiger partial charge in [0.05, 0.1) is 12.3 Å². The van der Waals surface area contributed by atoms with Crippen molar-refractivity contribution in [1.82, 2.24) is 20.1 Å². The van der Waals surface area contributed by atoms with Gasteiger partial charge in [-0.15, -0.1) is 0 Å².